The Morgan fingerprint density at radius 3 is 2.81 bits per heavy atom. The Balaban J connectivity index is 1.27. The number of hydrogen-bond acceptors (Lipinski definition) is 6. The predicted molar refractivity (Wildman–Crippen MR) is 92.5 cm³/mol. The van der Waals surface area contributed by atoms with Gasteiger partial charge in [-0.25, -0.2) is 0 Å². The molecule has 26 heavy (non-hydrogen) atoms. The molecule has 1 aliphatic carbocycles. The van der Waals surface area contributed by atoms with E-state index in [4.69, 9.17) is 9.26 Å². The first-order valence-corrected chi connectivity index (χ1v) is 9.46. The highest BCUT2D eigenvalue weighted by atomic mass is 16.5. The maximum absolute atomic E-state index is 12.5. The van der Waals surface area contributed by atoms with Crippen LogP contribution in [0.3, 0.4) is 0 Å². The number of carbonyl (C=O) groups excluding carboxylic acids is 1. The van der Waals surface area contributed by atoms with E-state index in [9.17, 15) is 4.79 Å². The minimum absolute atomic E-state index is 0.00192. The Morgan fingerprint density at radius 1 is 1.31 bits per heavy atom. The Kier molecular flexibility index (Phi) is 5.01. The van der Waals surface area contributed by atoms with E-state index in [0.29, 0.717) is 31.3 Å². The van der Waals surface area contributed by atoms with Gasteiger partial charge in [-0.15, -0.1) is 0 Å². The normalized spacial score (nSPS) is 18.4. The Hall–Kier alpha value is -2.22. The van der Waals surface area contributed by atoms with E-state index in [1.54, 1.807) is 10.7 Å². The smallest absolute Gasteiger partial charge is 0.274 e. The van der Waals surface area contributed by atoms with Gasteiger partial charge in [-0.1, -0.05) is 5.16 Å². The Labute approximate surface area is 152 Å². The van der Waals surface area contributed by atoms with Gasteiger partial charge >= 0.3 is 0 Å². The second-order valence-corrected chi connectivity index (χ2v) is 7.13. The molecule has 0 N–H and O–H groups in total. The molecular weight excluding hydrogens is 334 g/mol. The lowest BCUT2D eigenvalue weighted by molar-refractivity contribution is 0.0703. The molecule has 0 atom stereocenters. The van der Waals surface area contributed by atoms with E-state index in [2.05, 4.69) is 15.2 Å². The molecule has 2 aromatic rings. The largest absolute Gasteiger partial charge is 0.371 e. The van der Waals surface area contributed by atoms with Crippen LogP contribution < -0.4 is 0 Å². The molecule has 0 unspecified atom stereocenters. The fourth-order valence-corrected chi connectivity index (χ4v) is 3.24. The second kappa shape index (κ2) is 7.57. The summed E-state index contributed by atoms with van der Waals surface area (Å²) >= 11 is 0. The number of amides is 1. The van der Waals surface area contributed by atoms with Crippen molar-refractivity contribution in [3.05, 3.63) is 29.7 Å². The molecule has 0 spiro atoms. The molecule has 3 heterocycles. The molecule has 0 aromatic carbocycles. The quantitative estimate of drug-likeness (QED) is 0.753. The molecule has 2 aromatic heterocycles. The molecule has 1 aliphatic heterocycles. The standard InChI is InChI=1S/C18H25N5O3/c1-2-23-10-7-15(20-23)18(24)22-8-5-14(6-9-22)17-19-16(26-21-17)12-25-11-13-3-4-13/h7,10,13-14H,2-6,8-9,11-12H2,1H3. The van der Waals surface area contributed by atoms with Gasteiger partial charge in [0.15, 0.2) is 5.82 Å². The molecule has 0 bridgehead atoms. The summed E-state index contributed by atoms with van der Waals surface area (Å²) in [5.41, 5.74) is 0.514. The minimum Gasteiger partial charge on any atom is -0.371 e. The molecule has 8 nitrogen and oxygen atoms in total. The first-order chi connectivity index (χ1) is 12.7. The van der Waals surface area contributed by atoms with Crippen LogP contribution in [0.1, 0.15) is 60.7 Å². The number of ether oxygens (including phenoxy) is 1. The van der Waals surface area contributed by atoms with Crippen LogP contribution in [0.25, 0.3) is 0 Å². The highest BCUT2D eigenvalue weighted by Crippen LogP contribution is 2.29. The zero-order chi connectivity index (χ0) is 17.9. The number of piperidine rings is 1. The lowest BCUT2D eigenvalue weighted by Crippen LogP contribution is -2.38. The van der Waals surface area contributed by atoms with E-state index in [0.717, 1.165) is 37.7 Å². The van der Waals surface area contributed by atoms with Gasteiger partial charge in [0.05, 0.1) is 6.61 Å². The van der Waals surface area contributed by atoms with Crippen molar-refractivity contribution in [1.29, 1.82) is 0 Å². The van der Waals surface area contributed by atoms with Gasteiger partial charge < -0.3 is 14.2 Å². The van der Waals surface area contributed by atoms with Crippen LogP contribution in [0.15, 0.2) is 16.8 Å². The molecule has 0 radical (unpaired) electrons. The average Bonchev–Trinajstić information content (AvgIpc) is 3.18. The molecule has 4 rings (SSSR count). The summed E-state index contributed by atoms with van der Waals surface area (Å²) in [5.74, 6) is 2.23. The molecule has 1 amide bonds. The third-order valence-electron chi connectivity index (χ3n) is 5.09. The maximum Gasteiger partial charge on any atom is 0.274 e. The summed E-state index contributed by atoms with van der Waals surface area (Å²) in [4.78, 5) is 18.9. The molecule has 2 aliphatic rings. The van der Waals surface area contributed by atoms with Crippen LogP contribution in [-0.4, -0.2) is 50.4 Å². The monoisotopic (exact) mass is 359 g/mol. The summed E-state index contributed by atoms with van der Waals surface area (Å²) < 4.78 is 12.7. The first-order valence-electron chi connectivity index (χ1n) is 9.46. The fourth-order valence-electron chi connectivity index (χ4n) is 3.24. The zero-order valence-corrected chi connectivity index (χ0v) is 15.1. The van der Waals surface area contributed by atoms with E-state index in [1.165, 1.54) is 12.8 Å². The lowest BCUT2D eigenvalue weighted by Gasteiger charge is -2.30. The van der Waals surface area contributed by atoms with Crippen LogP contribution >= 0.6 is 0 Å². The molecule has 1 saturated carbocycles. The van der Waals surface area contributed by atoms with Crippen molar-refractivity contribution in [2.24, 2.45) is 5.92 Å². The first kappa shape index (κ1) is 17.2. The molecule has 1 saturated heterocycles. The van der Waals surface area contributed by atoms with E-state index in [-0.39, 0.29) is 11.8 Å². The predicted octanol–water partition coefficient (Wildman–Crippen LogP) is 2.23. The summed E-state index contributed by atoms with van der Waals surface area (Å²) in [5, 5.41) is 8.41. The van der Waals surface area contributed by atoms with Crippen molar-refractivity contribution < 1.29 is 14.1 Å². The van der Waals surface area contributed by atoms with Gasteiger partial charge in [0.2, 0.25) is 0 Å². The number of aromatic nitrogens is 4. The van der Waals surface area contributed by atoms with Gasteiger partial charge in [-0.05, 0) is 44.6 Å². The van der Waals surface area contributed by atoms with Crippen molar-refractivity contribution in [3.63, 3.8) is 0 Å². The number of likely N-dealkylation sites (tertiary alicyclic amines) is 1. The summed E-state index contributed by atoms with van der Waals surface area (Å²) in [6, 6.07) is 1.78. The van der Waals surface area contributed by atoms with Crippen molar-refractivity contribution in [2.75, 3.05) is 19.7 Å². The number of aryl methyl sites for hydroxylation is 1. The third-order valence-corrected chi connectivity index (χ3v) is 5.09. The van der Waals surface area contributed by atoms with Gasteiger partial charge in [0, 0.05) is 31.7 Å². The summed E-state index contributed by atoms with van der Waals surface area (Å²) in [6.45, 7) is 5.31. The van der Waals surface area contributed by atoms with Crippen LogP contribution in [0, 0.1) is 5.92 Å². The minimum atomic E-state index is -0.00192. The second-order valence-electron chi connectivity index (χ2n) is 7.13. The zero-order valence-electron chi connectivity index (χ0n) is 15.1. The number of carbonyl (C=O) groups is 1. The van der Waals surface area contributed by atoms with Crippen LogP contribution in [0.2, 0.25) is 0 Å². The lowest BCUT2D eigenvalue weighted by atomic mass is 9.96. The highest BCUT2D eigenvalue weighted by Gasteiger charge is 2.28. The van der Waals surface area contributed by atoms with Gasteiger partial charge in [-0.3, -0.25) is 9.48 Å². The molecule has 2 fully saturated rings. The van der Waals surface area contributed by atoms with Crippen molar-refractivity contribution in [3.8, 4) is 0 Å². The van der Waals surface area contributed by atoms with E-state index < -0.39 is 0 Å². The maximum atomic E-state index is 12.5. The average molecular weight is 359 g/mol. The van der Waals surface area contributed by atoms with Gasteiger partial charge in [-0.2, -0.15) is 10.1 Å². The van der Waals surface area contributed by atoms with Gasteiger partial charge in [0.25, 0.3) is 11.8 Å². The topological polar surface area (TPSA) is 86.3 Å². The fraction of sp³-hybridized carbons (Fsp3) is 0.667. The molecular formula is C18H25N5O3. The highest BCUT2D eigenvalue weighted by molar-refractivity contribution is 5.92. The summed E-state index contributed by atoms with van der Waals surface area (Å²) in [6.07, 6.45) is 6.05. The van der Waals surface area contributed by atoms with Crippen LogP contribution in [0.4, 0.5) is 0 Å². The van der Waals surface area contributed by atoms with E-state index >= 15 is 0 Å². The SMILES string of the molecule is CCn1ccc(C(=O)N2CCC(c3noc(COCC4CC4)n3)CC2)n1. The Morgan fingerprint density at radius 2 is 2.12 bits per heavy atom. The van der Waals surface area contributed by atoms with Crippen LogP contribution in [-0.2, 0) is 17.9 Å². The number of rotatable bonds is 7. The Bertz CT molecular complexity index is 744. The molecule has 140 valence electrons. The van der Waals surface area contributed by atoms with Gasteiger partial charge in [0.1, 0.15) is 12.3 Å². The number of hydrogen-bond donors (Lipinski definition) is 0. The third kappa shape index (κ3) is 3.95. The van der Waals surface area contributed by atoms with Crippen LogP contribution in [0.5, 0.6) is 0 Å². The molecule has 8 heteroatoms. The van der Waals surface area contributed by atoms with E-state index in [1.807, 2.05) is 18.0 Å². The summed E-state index contributed by atoms with van der Waals surface area (Å²) in [7, 11) is 0. The van der Waals surface area contributed by atoms with Crippen molar-refractivity contribution in [2.45, 2.75) is 51.7 Å². The van der Waals surface area contributed by atoms with Crippen molar-refractivity contribution >= 4 is 5.91 Å². The number of nitrogens with zero attached hydrogens (tertiary/aromatic N) is 5. The van der Waals surface area contributed by atoms with Crippen molar-refractivity contribution in [1.82, 2.24) is 24.8 Å².